The molecule has 324 valence electrons. The summed E-state index contributed by atoms with van der Waals surface area (Å²) in [5.74, 6) is 1.94. The smallest absolute Gasteiger partial charge is 0.257 e. The van der Waals surface area contributed by atoms with Crippen molar-refractivity contribution in [3.05, 3.63) is 130 Å². The van der Waals surface area contributed by atoms with Gasteiger partial charge < -0.3 is 13.7 Å². The van der Waals surface area contributed by atoms with E-state index in [1.54, 1.807) is 0 Å². The highest BCUT2D eigenvalue weighted by Gasteiger charge is 2.49. The van der Waals surface area contributed by atoms with Crippen LogP contribution in [0.1, 0.15) is 153 Å². The third-order valence-corrected chi connectivity index (χ3v) is 16.7. The van der Waals surface area contributed by atoms with Crippen LogP contribution >= 0.6 is 0 Å². The lowest BCUT2D eigenvalue weighted by Crippen LogP contribution is -2.61. The predicted octanol–water partition coefficient (Wildman–Crippen LogP) is 14.5. The van der Waals surface area contributed by atoms with Crippen molar-refractivity contribution in [2.45, 2.75) is 149 Å². The number of nitrogens with zero attached hydrogens (tertiary/aromatic N) is 2. The fraction of sp³-hybridized carbons (Fsp3) is 0.390. The van der Waals surface area contributed by atoms with E-state index >= 15 is 0 Å². The Morgan fingerprint density at radius 1 is 0.594 bits per heavy atom. The number of anilines is 6. The van der Waals surface area contributed by atoms with Crippen LogP contribution < -0.4 is 26.2 Å². The summed E-state index contributed by atoms with van der Waals surface area (Å²) in [5, 5.41) is 2.45. The normalized spacial score (nSPS) is 19.5. The molecule has 5 aliphatic rings. The van der Waals surface area contributed by atoms with Crippen LogP contribution in [0.3, 0.4) is 0 Å². The lowest BCUT2D eigenvalue weighted by atomic mass is 9.33. The van der Waals surface area contributed by atoms with E-state index in [9.17, 15) is 0 Å². The average molecular weight is 843 g/mol. The Hall–Kier alpha value is -5.42. The first-order valence-corrected chi connectivity index (χ1v) is 24.1. The lowest BCUT2D eigenvalue weighted by Gasteiger charge is -2.44. The van der Waals surface area contributed by atoms with Crippen molar-refractivity contribution in [3.8, 4) is 0 Å². The number of furan rings is 2. The van der Waals surface area contributed by atoms with Gasteiger partial charge >= 0.3 is 0 Å². The number of fused-ring (bicyclic) bond motifs is 11. The van der Waals surface area contributed by atoms with Crippen molar-refractivity contribution in [1.82, 2.24) is 0 Å². The van der Waals surface area contributed by atoms with Crippen LogP contribution in [0, 0.1) is 6.92 Å². The Morgan fingerprint density at radius 2 is 1.25 bits per heavy atom. The zero-order chi connectivity index (χ0) is 44.6. The summed E-state index contributed by atoms with van der Waals surface area (Å²) in [6, 6.07) is 31.3. The lowest BCUT2D eigenvalue weighted by molar-refractivity contribution is 0.332. The quantitative estimate of drug-likeness (QED) is 0.162. The van der Waals surface area contributed by atoms with Crippen molar-refractivity contribution in [2.75, 3.05) is 9.80 Å². The largest absolute Gasteiger partial charge is 0.454 e. The minimum absolute atomic E-state index is 0.0470. The van der Waals surface area contributed by atoms with Crippen LogP contribution in [0.2, 0.25) is 0 Å². The second-order valence-electron chi connectivity index (χ2n) is 23.9. The van der Waals surface area contributed by atoms with Gasteiger partial charge in [0.05, 0.1) is 5.69 Å². The number of para-hydroxylation sites is 1. The predicted molar refractivity (Wildman–Crippen MR) is 271 cm³/mol. The van der Waals surface area contributed by atoms with E-state index in [2.05, 4.69) is 184 Å². The van der Waals surface area contributed by atoms with Crippen LogP contribution in [0.5, 0.6) is 0 Å². The summed E-state index contributed by atoms with van der Waals surface area (Å²) < 4.78 is 14.5. The minimum atomic E-state index is -0.0654. The second kappa shape index (κ2) is 12.9. The molecule has 2 aliphatic heterocycles. The van der Waals surface area contributed by atoms with Crippen molar-refractivity contribution < 1.29 is 8.83 Å². The Bertz CT molecular complexity index is 3200. The summed E-state index contributed by atoms with van der Waals surface area (Å²) in [7, 11) is 0. The van der Waals surface area contributed by atoms with E-state index in [0.29, 0.717) is 0 Å². The molecule has 0 amide bonds. The number of allylic oxidation sites excluding steroid dienone is 1. The molecule has 2 aromatic heterocycles. The number of hydrogen-bond donors (Lipinski definition) is 0. The molecule has 3 aliphatic carbocycles. The van der Waals surface area contributed by atoms with Crippen LogP contribution in [-0.4, -0.2) is 6.71 Å². The molecule has 5 aromatic carbocycles. The van der Waals surface area contributed by atoms with Crippen LogP contribution in [0.15, 0.2) is 93.8 Å². The van der Waals surface area contributed by atoms with Gasteiger partial charge in [0.25, 0.3) is 6.71 Å². The van der Waals surface area contributed by atoms with Gasteiger partial charge in [0.1, 0.15) is 11.3 Å². The van der Waals surface area contributed by atoms with E-state index < -0.39 is 0 Å². The van der Waals surface area contributed by atoms with E-state index in [1.165, 1.54) is 89.6 Å². The molecule has 64 heavy (non-hydrogen) atoms. The molecule has 0 saturated heterocycles. The van der Waals surface area contributed by atoms with E-state index in [-0.39, 0.29) is 33.8 Å². The number of aryl methyl sites for hydroxylation is 2. The van der Waals surface area contributed by atoms with Gasteiger partial charge in [0, 0.05) is 44.5 Å². The van der Waals surface area contributed by atoms with Crippen molar-refractivity contribution in [3.63, 3.8) is 0 Å². The number of benzene rings is 5. The molecular weight excluding hydrogens is 779 g/mol. The minimum Gasteiger partial charge on any atom is -0.454 e. The molecular formula is C59H63BN2O2. The highest BCUT2D eigenvalue weighted by Crippen LogP contribution is 2.53. The third kappa shape index (κ3) is 5.54. The van der Waals surface area contributed by atoms with Crippen LogP contribution in [0.25, 0.3) is 28.0 Å². The fourth-order valence-electron chi connectivity index (χ4n) is 12.6. The second-order valence-corrected chi connectivity index (χ2v) is 23.9. The number of hydrogen-bond acceptors (Lipinski definition) is 4. The zero-order valence-electron chi connectivity index (χ0n) is 40.2. The molecule has 0 radical (unpaired) electrons. The van der Waals surface area contributed by atoms with Gasteiger partial charge in [-0.3, -0.25) is 4.90 Å². The Labute approximate surface area is 380 Å². The highest BCUT2D eigenvalue weighted by atomic mass is 16.4. The molecule has 4 heterocycles. The average Bonchev–Trinajstić information content (AvgIpc) is 3.81. The Morgan fingerprint density at radius 3 is 1.95 bits per heavy atom. The first kappa shape index (κ1) is 40.1. The first-order chi connectivity index (χ1) is 30.2. The number of rotatable bonds is 2. The molecule has 0 fully saturated rings. The molecule has 0 saturated carbocycles. The summed E-state index contributed by atoms with van der Waals surface area (Å²) in [4.78, 5) is 5.06. The molecule has 0 spiro atoms. The van der Waals surface area contributed by atoms with E-state index in [0.717, 1.165) is 66.3 Å². The SMILES string of the molecule is Cc1cc2c3c(c1)N(c1cccc4c5c(oc14)C=CCC5)c1ccc(C(C)(C)C)cc1B3c1c(oc3cc4c(cc13)C(C)(C)CCC4(C)C)N2c1ccc2c(c1)C(C)(C)CCC2(C)C. The molecule has 5 heteroatoms. The molecule has 0 atom stereocenters. The van der Waals surface area contributed by atoms with Gasteiger partial charge in [-0.25, -0.2) is 0 Å². The van der Waals surface area contributed by atoms with Crippen molar-refractivity contribution in [2.24, 2.45) is 0 Å². The topological polar surface area (TPSA) is 32.8 Å². The first-order valence-electron chi connectivity index (χ1n) is 24.1. The van der Waals surface area contributed by atoms with Crippen LogP contribution in [-0.2, 0) is 33.5 Å². The Balaban J connectivity index is 1.21. The summed E-state index contributed by atoms with van der Waals surface area (Å²) >= 11 is 0. The van der Waals surface area contributed by atoms with Gasteiger partial charge in [-0.2, -0.15) is 0 Å². The van der Waals surface area contributed by atoms with Crippen molar-refractivity contribution in [1.29, 1.82) is 0 Å². The summed E-state index contributed by atoms with van der Waals surface area (Å²) in [5.41, 5.74) is 21.6. The highest BCUT2D eigenvalue weighted by molar-refractivity contribution is 7.01. The van der Waals surface area contributed by atoms with E-state index in [4.69, 9.17) is 8.83 Å². The van der Waals surface area contributed by atoms with Gasteiger partial charge in [-0.05, 0) is 171 Å². The Kier molecular flexibility index (Phi) is 8.08. The molecule has 7 aromatic rings. The van der Waals surface area contributed by atoms with E-state index in [1.807, 2.05) is 0 Å². The standard InChI is InChI=1S/C59H63BN2O2/c1-34-28-47-52-48(29-34)62(46-18-15-17-38-37-16-13-14-19-49(37)63-53(38)46)45-23-20-35(55(2,3)4)30-44(45)60(52)51-39-32-42-43(59(11,12)27-26-58(42,9)10)33-50(39)64-54(51)61(47)36-21-22-40-41(31-36)57(7,8)25-24-56(40,5)6/h14-15,17-23,28-33H,13,16,24-27H2,1-12H3. The monoisotopic (exact) mass is 842 g/mol. The van der Waals surface area contributed by atoms with Gasteiger partial charge in [-0.15, -0.1) is 0 Å². The maximum Gasteiger partial charge on any atom is 0.257 e. The maximum absolute atomic E-state index is 7.53. The molecule has 0 N–H and O–H groups in total. The van der Waals surface area contributed by atoms with Gasteiger partial charge in [0.2, 0.25) is 5.88 Å². The maximum atomic E-state index is 7.53. The van der Waals surface area contributed by atoms with Crippen LogP contribution in [0.4, 0.5) is 34.3 Å². The molecule has 0 unspecified atom stereocenters. The zero-order valence-corrected chi connectivity index (χ0v) is 40.2. The summed E-state index contributed by atoms with van der Waals surface area (Å²) in [6.07, 6.45) is 11.1. The van der Waals surface area contributed by atoms with Crippen molar-refractivity contribution >= 4 is 85.4 Å². The third-order valence-electron chi connectivity index (χ3n) is 16.7. The fourth-order valence-corrected chi connectivity index (χ4v) is 12.6. The molecule has 0 bridgehead atoms. The molecule has 4 nitrogen and oxygen atoms in total. The van der Waals surface area contributed by atoms with Gasteiger partial charge in [-0.1, -0.05) is 113 Å². The van der Waals surface area contributed by atoms with Gasteiger partial charge in [0.15, 0.2) is 5.58 Å². The molecule has 12 rings (SSSR count). The summed E-state index contributed by atoms with van der Waals surface area (Å²) in [6.45, 7) is 28.7.